The van der Waals surface area contributed by atoms with Gasteiger partial charge in [-0.1, -0.05) is 24.3 Å². The van der Waals surface area contributed by atoms with Gasteiger partial charge in [0.1, 0.15) is 0 Å². The summed E-state index contributed by atoms with van der Waals surface area (Å²) >= 11 is 0. The maximum Gasteiger partial charge on any atom is 0.224 e. The molecule has 0 aliphatic heterocycles. The Morgan fingerprint density at radius 3 is 2.95 bits per heavy atom. The molecule has 2 heterocycles. The minimum atomic E-state index is -0.0318. The van der Waals surface area contributed by atoms with E-state index in [4.69, 9.17) is 4.74 Å². The van der Waals surface area contributed by atoms with Crippen LogP contribution in [0.1, 0.15) is 11.1 Å². The van der Waals surface area contributed by atoms with Crippen LogP contribution in [0.25, 0.3) is 10.9 Å². The normalized spacial score (nSPS) is 10.6. The monoisotopic (exact) mass is 295 g/mol. The number of hydrogen-bond acceptors (Lipinski definition) is 3. The van der Waals surface area contributed by atoms with E-state index in [0.29, 0.717) is 18.8 Å². The smallest absolute Gasteiger partial charge is 0.224 e. The molecule has 1 amide bonds. The van der Waals surface area contributed by atoms with E-state index in [0.717, 1.165) is 22.0 Å². The van der Waals surface area contributed by atoms with E-state index in [1.165, 1.54) is 0 Å². The summed E-state index contributed by atoms with van der Waals surface area (Å²) in [6, 6.07) is 11.7. The zero-order valence-corrected chi connectivity index (χ0v) is 12.3. The molecule has 0 bridgehead atoms. The summed E-state index contributed by atoms with van der Waals surface area (Å²) < 4.78 is 5.17. The van der Waals surface area contributed by atoms with Crippen molar-refractivity contribution in [1.82, 2.24) is 15.3 Å². The Morgan fingerprint density at radius 1 is 1.23 bits per heavy atom. The number of carbonyl (C=O) groups excluding carboxylic acids is 1. The summed E-state index contributed by atoms with van der Waals surface area (Å²) in [6.45, 7) is 0.401. The van der Waals surface area contributed by atoms with Crippen molar-refractivity contribution in [3.05, 3.63) is 59.9 Å². The highest BCUT2D eigenvalue weighted by molar-refractivity contribution is 5.88. The lowest BCUT2D eigenvalue weighted by molar-refractivity contribution is -0.120. The number of aromatic amines is 1. The van der Waals surface area contributed by atoms with Crippen molar-refractivity contribution in [3.8, 4) is 5.88 Å². The molecule has 0 spiro atoms. The summed E-state index contributed by atoms with van der Waals surface area (Å²) in [7, 11) is 1.57. The maximum atomic E-state index is 12.1. The largest absolute Gasteiger partial charge is 0.481 e. The topological polar surface area (TPSA) is 67.0 Å². The molecule has 1 aromatic carbocycles. The van der Waals surface area contributed by atoms with Gasteiger partial charge in [-0.3, -0.25) is 4.79 Å². The molecule has 0 aliphatic carbocycles. The van der Waals surface area contributed by atoms with Crippen LogP contribution in [-0.2, 0) is 17.8 Å². The van der Waals surface area contributed by atoms with Gasteiger partial charge in [-0.15, -0.1) is 0 Å². The van der Waals surface area contributed by atoms with Crippen molar-refractivity contribution in [2.24, 2.45) is 0 Å². The van der Waals surface area contributed by atoms with Crippen LogP contribution < -0.4 is 10.1 Å². The quantitative estimate of drug-likeness (QED) is 0.759. The number of methoxy groups -OCH3 is 1. The Bertz CT molecular complexity index is 795. The molecule has 2 aromatic heterocycles. The second kappa shape index (κ2) is 6.30. The third kappa shape index (κ3) is 2.93. The van der Waals surface area contributed by atoms with Gasteiger partial charge in [-0.25, -0.2) is 4.98 Å². The number of ether oxygens (including phenoxy) is 1. The van der Waals surface area contributed by atoms with Gasteiger partial charge in [0.15, 0.2) is 0 Å². The highest BCUT2D eigenvalue weighted by Crippen LogP contribution is 2.18. The summed E-state index contributed by atoms with van der Waals surface area (Å²) in [5.74, 6) is 0.505. The van der Waals surface area contributed by atoms with Crippen molar-refractivity contribution in [2.45, 2.75) is 13.0 Å². The van der Waals surface area contributed by atoms with E-state index < -0.39 is 0 Å². The Kier molecular flexibility index (Phi) is 4.05. The van der Waals surface area contributed by atoms with Gasteiger partial charge in [0.05, 0.1) is 13.5 Å². The number of nitrogens with zero attached hydrogens (tertiary/aromatic N) is 1. The number of nitrogens with one attached hydrogen (secondary N) is 2. The fraction of sp³-hybridized carbons (Fsp3) is 0.176. The van der Waals surface area contributed by atoms with E-state index in [9.17, 15) is 4.79 Å². The van der Waals surface area contributed by atoms with Gasteiger partial charge in [0.25, 0.3) is 0 Å². The van der Waals surface area contributed by atoms with Gasteiger partial charge in [-0.05, 0) is 17.7 Å². The predicted octanol–water partition coefficient (Wildman–Crippen LogP) is 2.43. The zero-order valence-electron chi connectivity index (χ0n) is 12.3. The number of pyridine rings is 1. The number of para-hydroxylation sites is 1. The summed E-state index contributed by atoms with van der Waals surface area (Å²) in [5.41, 5.74) is 2.89. The lowest BCUT2D eigenvalue weighted by atomic mass is 10.1. The zero-order chi connectivity index (χ0) is 15.4. The number of aromatic nitrogens is 2. The number of rotatable bonds is 5. The molecule has 0 saturated heterocycles. The molecular weight excluding hydrogens is 278 g/mol. The molecule has 0 fully saturated rings. The van der Waals surface area contributed by atoms with Gasteiger partial charge in [-0.2, -0.15) is 0 Å². The lowest BCUT2D eigenvalue weighted by Gasteiger charge is -2.08. The fourth-order valence-electron chi connectivity index (χ4n) is 2.45. The maximum absolute atomic E-state index is 12.1. The van der Waals surface area contributed by atoms with E-state index in [2.05, 4.69) is 15.3 Å². The minimum absolute atomic E-state index is 0.0318. The number of hydrogen-bond donors (Lipinski definition) is 2. The number of benzene rings is 1. The molecule has 5 nitrogen and oxygen atoms in total. The molecular formula is C17H17N3O2. The van der Waals surface area contributed by atoms with Crippen LogP contribution in [0.15, 0.2) is 48.8 Å². The van der Waals surface area contributed by atoms with Crippen LogP contribution in [-0.4, -0.2) is 23.0 Å². The summed E-state index contributed by atoms with van der Waals surface area (Å²) in [5, 5.41) is 3.98. The van der Waals surface area contributed by atoms with E-state index >= 15 is 0 Å². The molecule has 0 aliphatic rings. The highest BCUT2D eigenvalue weighted by Gasteiger charge is 2.10. The number of amides is 1. The molecule has 0 unspecified atom stereocenters. The third-order valence-electron chi connectivity index (χ3n) is 3.55. The first-order valence-electron chi connectivity index (χ1n) is 7.07. The molecule has 0 radical (unpaired) electrons. The minimum Gasteiger partial charge on any atom is -0.481 e. The van der Waals surface area contributed by atoms with Crippen LogP contribution in [0, 0.1) is 0 Å². The van der Waals surface area contributed by atoms with Crippen LogP contribution in [0.3, 0.4) is 0 Å². The van der Waals surface area contributed by atoms with Crippen molar-refractivity contribution < 1.29 is 9.53 Å². The summed E-state index contributed by atoms with van der Waals surface area (Å²) in [6.07, 6.45) is 3.89. The number of H-pyrrole nitrogens is 1. The SMILES string of the molecule is COc1ncccc1CNC(=O)Cc1c[nH]c2ccccc12. The average molecular weight is 295 g/mol. The molecule has 112 valence electrons. The van der Waals surface area contributed by atoms with Crippen molar-refractivity contribution in [1.29, 1.82) is 0 Å². The van der Waals surface area contributed by atoms with Crippen LogP contribution in [0.4, 0.5) is 0 Å². The van der Waals surface area contributed by atoms with Crippen LogP contribution >= 0.6 is 0 Å². The average Bonchev–Trinajstić information content (AvgIpc) is 2.96. The van der Waals surface area contributed by atoms with E-state index in [1.807, 2.05) is 42.6 Å². The fourth-order valence-corrected chi connectivity index (χ4v) is 2.45. The Labute approximate surface area is 128 Å². The Morgan fingerprint density at radius 2 is 2.09 bits per heavy atom. The first-order chi connectivity index (χ1) is 10.8. The van der Waals surface area contributed by atoms with Gasteiger partial charge < -0.3 is 15.0 Å². The predicted molar refractivity (Wildman–Crippen MR) is 84.6 cm³/mol. The standard InChI is InChI=1S/C17H17N3O2/c1-22-17-12(5-4-8-18-17)10-20-16(21)9-13-11-19-15-7-3-2-6-14(13)15/h2-8,11,19H,9-10H2,1H3,(H,20,21). The molecule has 2 N–H and O–H groups in total. The Hall–Kier alpha value is -2.82. The van der Waals surface area contributed by atoms with Crippen LogP contribution in [0.5, 0.6) is 5.88 Å². The van der Waals surface area contributed by atoms with E-state index in [1.54, 1.807) is 13.3 Å². The van der Waals surface area contributed by atoms with Gasteiger partial charge in [0, 0.05) is 35.4 Å². The van der Waals surface area contributed by atoms with E-state index in [-0.39, 0.29) is 5.91 Å². The molecule has 5 heteroatoms. The Balaban J connectivity index is 1.65. The van der Waals surface area contributed by atoms with Crippen LogP contribution in [0.2, 0.25) is 0 Å². The van der Waals surface area contributed by atoms with Crippen molar-refractivity contribution in [2.75, 3.05) is 7.11 Å². The van der Waals surface area contributed by atoms with Crippen molar-refractivity contribution >= 4 is 16.8 Å². The van der Waals surface area contributed by atoms with Crippen molar-refractivity contribution in [3.63, 3.8) is 0 Å². The second-order valence-electron chi connectivity index (χ2n) is 4.98. The number of carbonyl (C=O) groups is 1. The van der Waals surface area contributed by atoms with Gasteiger partial charge in [0.2, 0.25) is 11.8 Å². The molecule has 22 heavy (non-hydrogen) atoms. The lowest BCUT2D eigenvalue weighted by Crippen LogP contribution is -2.24. The summed E-state index contributed by atoms with van der Waals surface area (Å²) in [4.78, 5) is 19.4. The molecule has 0 atom stereocenters. The first-order valence-corrected chi connectivity index (χ1v) is 7.07. The second-order valence-corrected chi connectivity index (χ2v) is 4.98. The first kappa shape index (κ1) is 14.1. The third-order valence-corrected chi connectivity index (χ3v) is 3.55. The number of fused-ring (bicyclic) bond motifs is 1. The van der Waals surface area contributed by atoms with Gasteiger partial charge >= 0.3 is 0 Å². The highest BCUT2D eigenvalue weighted by atomic mass is 16.5. The molecule has 3 rings (SSSR count). The molecule has 3 aromatic rings. The molecule has 0 saturated carbocycles.